The highest BCUT2D eigenvalue weighted by Crippen LogP contribution is 2.52. The highest BCUT2D eigenvalue weighted by Gasteiger charge is 2.54. The highest BCUT2D eigenvalue weighted by molar-refractivity contribution is 5.14. The van der Waals surface area contributed by atoms with Gasteiger partial charge in [-0.2, -0.15) is 4.98 Å². The van der Waals surface area contributed by atoms with E-state index in [4.69, 9.17) is 9.26 Å². The Labute approximate surface area is 102 Å². The van der Waals surface area contributed by atoms with Gasteiger partial charge in [-0.3, -0.25) is 0 Å². The Hall–Kier alpha value is -0.900. The van der Waals surface area contributed by atoms with Gasteiger partial charge in [0, 0.05) is 0 Å². The van der Waals surface area contributed by atoms with Crippen LogP contribution in [0.1, 0.15) is 51.2 Å². The Bertz CT molecular complexity index is 400. The fourth-order valence-corrected chi connectivity index (χ4v) is 3.25. The number of hydrogen-bond donors (Lipinski definition) is 0. The molecule has 0 spiro atoms. The Morgan fingerprint density at radius 1 is 1.18 bits per heavy atom. The molecule has 3 aliphatic rings. The SMILES string of the molecule is Cc1noc(C23CCC(C(C)C)(CC2)OC3)n1. The van der Waals surface area contributed by atoms with Gasteiger partial charge in [0.2, 0.25) is 5.89 Å². The first-order chi connectivity index (χ1) is 8.06. The molecule has 1 saturated carbocycles. The molecular formula is C13H20N2O2. The Morgan fingerprint density at radius 3 is 2.29 bits per heavy atom. The third-order valence-electron chi connectivity index (χ3n) is 4.72. The molecule has 4 heteroatoms. The molecule has 2 aliphatic heterocycles. The van der Waals surface area contributed by atoms with E-state index in [1.165, 1.54) is 0 Å². The topological polar surface area (TPSA) is 48.2 Å². The van der Waals surface area contributed by atoms with Crippen molar-refractivity contribution < 1.29 is 9.26 Å². The van der Waals surface area contributed by atoms with Gasteiger partial charge in [-0.25, -0.2) is 0 Å². The molecule has 0 radical (unpaired) electrons. The molecule has 3 heterocycles. The zero-order valence-electron chi connectivity index (χ0n) is 10.8. The predicted molar refractivity (Wildman–Crippen MR) is 62.7 cm³/mol. The minimum Gasteiger partial charge on any atom is -0.374 e. The summed E-state index contributed by atoms with van der Waals surface area (Å²) in [5.41, 5.74) is 0.106. The third-order valence-corrected chi connectivity index (χ3v) is 4.72. The van der Waals surface area contributed by atoms with Crippen LogP contribution in [0.3, 0.4) is 0 Å². The molecule has 94 valence electrons. The van der Waals surface area contributed by atoms with Gasteiger partial charge < -0.3 is 9.26 Å². The lowest BCUT2D eigenvalue weighted by molar-refractivity contribution is -0.184. The molecule has 1 aromatic rings. The normalized spacial score (nSPS) is 36.7. The summed E-state index contributed by atoms with van der Waals surface area (Å²) in [6.07, 6.45) is 4.47. The van der Waals surface area contributed by atoms with Crippen LogP contribution in [0.2, 0.25) is 0 Å². The van der Waals surface area contributed by atoms with Gasteiger partial charge in [0.15, 0.2) is 5.82 Å². The van der Waals surface area contributed by atoms with Gasteiger partial charge in [0.1, 0.15) is 0 Å². The Morgan fingerprint density at radius 2 is 1.88 bits per heavy atom. The first-order valence-electron chi connectivity index (χ1n) is 6.51. The summed E-state index contributed by atoms with van der Waals surface area (Å²) in [6.45, 7) is 7.13. The van der Waals surface area contributed by atoms with Crippen molar-refractivity contribution in [2.24, 2.45) is 5.92 Å². The number of nitrogens with zero attached hydrogens (tertiary/aromatic N) is 2. The Balaban J connectivity index is 1.86. The molecule has 4 rings (SSSR count). The molecule has 1 aliphatic carbocycles. The van der Waals surface area contributed by atoms with E-state index >= 15 is 0 Å². The molecule has 4 nitrogen and oxygen atoms in total. The zero-order chi connectivity index (χ0) is 12.1. The van der Waals surface area contributed by atoms with Gasteiger partial charge in [0.25, 0.3) is 0 Å². The summed E-state index contributed by atoms with van der Waals surface area (Å²) >= 11 is 0. The maximum absolute atomic E-state index is 6.17. The van der Waals surface area contributed by atoms with E-state index in [1.807, 2.05) is 6.92 Å². The Kier molecular flexibility index (Phi) is 2.34. The van der Waals surface area contributed by atoms with E-state index in [-0.39, 0.29) is 11.0 Å². The summed E-state index contributed by atoms with van der Waals surface area (Å²) < 4.78 is 11.5. The van der Waals surface area contributed by atoms with Crippen molar-refractivity contribution in [3.8, 4) is 0 Å². The lowest BCUT2D eigenvalue weighted by atomic mass is 9.63. The number of hydrogen-bond acceptors (Lipinski definition) is 4. The van der Waals surface area contributed by atoms with Crippen molar-refractivity contribution in [3.63, 3.8) is 0 Å². The van der Waals surface area contributed by atoms with Crippen molar-refractivity contribution in [1.29, 1.82) is 0 Å². The first-order valence-corrected chi connectivity index (χ1v) is 6.51. The quantitative estimate of drug-likeness (QED) is 0.792. The number of rotatable bonds is 2. The van der Waals surface area contributed by atoms with E-state index in [0.717, 1.165) is 44.0 Å². The number of aromatic nitrogens is 2. The number of ether oxygens (including phenoxy) is 1. The van der Waals surface area contributed by atoms with Crippen LogP contribution in [-0.2, 0) is 10.2 Å². The number of aryl methyl sites for hydroxylation is 1. The van der Waals surface area contributed by atoms with Crippen LogP contribution in [0.25, 0.3) is 0 Å². The monoisotopic (exact) mass is 236 g/mol. The summed E-state index contributed by atoms with van der Waals surface area (Å²) in [7, 11) is 0. The smallest absolute Gasteiger partial charge is 0.235 e. The molecule has 2 bridgehead atoms. The van der Waals surface area contributed by atoms with Crippen molar-refractivity contribution in [1.82, 2.24) is 10.1 Å². The maximum Gasteiger partial charge on any atom is 0.235 e. The minimum atomic E-state index is -0.00208. The summed E-state index contributed by atoms with van der Waals surface area (Å²) in [6, 6.07) is 0. The molecule has 2 saturated heterocycles. The molecule has 17 heavy (non-hydrogen) atoms. The average molecular weight is 236 g/mol. The largest absolute Gasteiger partial charge is 0.374 e. The minimum absolute atomic E-state index is 0.00208. The lowest BCUT2D eigenvalue weighted by Gasteiger charge is -2.53. The van der Waals surface area contributed by atoms with Gasteiger partial charge in [-0.05, 0) is 38.5 Å². The molecule has 0 N–H and O–H groups in total. The summed E-state index contributed by atoms with van der Waals surface area (Å²) in [5, 5.41) is 3.91. The van der Waals surface area contributed by atoms with Crippen molar-refractivity contribution in [2.75, 3.05) is 6.61 Å². The molecule has 0 amide bonds. The molecule has 0 unspecified atom stereocenters. The average Bonchev–Trinajstić information content (AvgIpc) is 2.79. The van der Waals surface area contributed by atoms with Crippen molar-refractivity contribution >= 4 is 0 Å². The van der Waals surface area contributed by atoms with Crippen LogP contribution < -0.4 is 0 Å². The van der Waals surface area contributed by atoms with Crippen LogP contribution in [0.4, 0.5) is 0 Å². The first kappa shape index (κ1) is 11.2. The summed E-state index contributed by atoms with van der Waals surface area (Å²) in [5.74, 6) is 2.10. The second-order valence-electron chi connectivity index (χ2n) is 5.94. The highest BCUT2D eigenvalue weighted by atomic mass is 16.5. The molecule has 1 aromatic heterocycles. The van der Waals surface area contributed by atoms with E-state index in [2.05, 4.69) is 24.0 Å². The standard InChI is InChI=1S/C13H20N2O2/c1-9(2)13-6-4-12(5-7-13,8-16-13)11-14-10(3)15-17-11/h9H,4-8H2,1-3H3. The van der Waals surface area contributed by atoms with Gasteiger partial charge in [0.05, 0.1) is 17.6 Å². The van der Waals surface area contributed by atoms with Gasteiger partial charge in [-0.15, -0.1) is 0 Å². The predicted octanol–water partition coefficient (Wildman–Crippen LogP) is 2.61. The van der Waals surface area contributed by atoms with E-state index in [0.29, 0.717) is 5.92 Å². The van der Waals surface area contributed by atoms with E-state index in [1.54, 1.807) is 0 Å². The molecule has 3 fully saturated rings. The second kappa shape index (κ2) is 3.55. The summed E-state index contributed by atoms with van der Waals surface area (Å²) in [4.78, 5) is 4.41. The lowest BCUT2D eigenvalue weighted by Crippen LogP contribution is -2.55. The fourth-order valence-electron chi connectivity index (χ4n) is 3.25. The molecule has 0 atom stereocenters. The molecular weight excluding hydrogens is 216 g/mol. The fraction of sp³-hybridized carbons (Fsp3) is 0.846. The van der Waals surface area contributed by atoms with E-state index in [9.17, 15) is 0 Å². The van der Waals surface area contributed by atoms with Crippen molar-refractivity contribution in [2.45, 2.75) is 57.5 Å². The van der Waals surface area contributed by atoms with Crippen LogP contribution in [0.5, 0.6) is 0 Å². The third kappa shape index (κ3) is 1.53. The van der Waals surface area contributed by atoms with Crippen LogP contribution >= 0.6 is 0 Å². The van der Waals surface area contributed by atoms with Crippen LogP contribution in [0, 0.1) is 12.8 Å². The van der Waals surface area contributed by atoms with Crippen molar-refractivity contribution in [3.05, 3.63) is 11.7 Å². The second-order valence-corrected chi connectivity index (χ2v) is 5.94. The van der Waals surface area contributed by atoms with E-state index < -0.39 is 0 Å². The molecule has 0 aromatic carbocycles. The van der Waals surface area contributed by atoms with Gasteiger partial charge >= 0.3 is 0 Å². The van der Waals surface area contributed by atoms with Gasteiger partial charge in [-0.1, -0.05) is 19.0 Å². The van der Waals surface area contributed by atoms with Crippen LogP contribution in [0.15, 0.2) is 4.52 Å². The van der Waals surface area contributed by atoms with Crippen LogP contribution in [-0.4, -0.2) is 22.3 Å². The maximum atomic E-state index is 6.17. The zero-order valence-corrected chi connectivity index (χ0v) is 10.8. The number of fused-ring (bicyclic) bond motifs is 3.